The van der Waals surface area contributed by atoms with Gasteiger partial charge in [0.1, 0.15) is 0 Å². The molecule has 0 saturated heterocycles. The Morgan fingerprint density at radius 2 is 2.14 bits per heavy atom. The van der Waals surface area contributed by atoms with Crippen LogP contribution in [0.15, 0.2) is 24.3 Å². The Labute approximate surface area is 83.5 Å². The SMILES string of the molecule is CCCNc1cccc(NC(N)=O)c1. The van der Waals surface area contributed by atoms with E-state index in [4.69, 9.17) is 5.73 Å². The first kappa shape index (κ1) is 10.4. The summed E-state index contributed by atoms with van der Waals surface area (Å²) < 4.78 is 0. The van der Waals surface area contributed by atoms with Crippen molar-refractivity contribution in [1.82, 2.24) is 0 Å². The van der Waals surface area contributed by atoms with Gasteiger partial charge in [0.15, 0.2) is 0 Å². The summed E-state index contributed by atoms with van der Waals surface area (Å²) in [7, 11) is 0. The number of nitrogens with two attached hydrogens (primary N) is 1. The second kappa shape index (κ2) is 5.11. The molecule has 1 aromatic rings. The third-order valence-electron chi connectivity index (χ3n) is 1.71. The zero-order chi connectivity index (χ0) is 10.4. The average Bonchev–Trinajstić information content (AvgIpc) is 2.14. The van der Waals surface area contributed by atoms with Gasteiger partial charge in [-0.05, 0) is 24.6 Å². The number of nitrogens with one attached hydrogen (secondary N) is 2. The molecular formula is C10H15N3O. The number of benzene rings is 1. The van der Waals surface area contributed by atoms with Crippen molar-refractivity contribution in [1.29, 1.82) is 0 Å². The van der Waals surface area contributed by atoms with Crippen molar-refractivity contribution in [3.8, 4) is 0 Å². The van der Waals surface area contributed by atoms with Crippen molar-refractivity contribution < 1.29 is 4.79 Å². The van der Waals surface area contributed by atoms with Gasteiger partial charge >= 0.3 is 6.03 Å². The monoisotopic (exact) mass is 193 g/mol. The van der Waals surface area contributed by atoms with E-state index in [1.165, 1.54) is 0 Å². The van der Waals surface area contributed by atoms with Crippen molar-refractivity contribution in [2.45, 2.75) is 13.3 Å². The highest BCUT2D eigenvalue weighted by Gasteiger charge is 1.96. The topological polar surface area (TPSA) is 67.2 Å². The van der Waals surface area contributed by atoms with Crippen LogP contribution in [0, 0.1) is 0 Å². The number of rotatable bonds is 4. The largest absolute Gasteiger partial charge is 0.385 e. The molecule has 14 heavy (non-hydrogen) atoms. The molecule has 0 aromatic heterocycles. The molecule has 0 spiro atoms. The first-order valence-electron chi connectivity index (χ1n) is 4.62. The van der Waals surface area contributed by atoms with Crippen LogP contribution in [0.5, 0.6) is 0 Å². The van der Waals surface area contributed by atoms with Gasteiger partial charge < -0.3 is 16.4 Å². The maximum Gasteiger partial charge on any atom is 0.316 e. The van der Waals surface area contributed by atoms with E-state index >= 15 is 0 Å². The molecule has 0 heterocycles. The predicted molar refractivity (Wildman–Crippen MR) is 58.4 cm³/mol. The fraction of sp³-hybridized carbons (Fsp3) is 0.300. The molecular weight excluding hydrogens is 178 g/mol. The lowest BCUT2D eigenvalue weighted by molar-refractivity contribution is 0.259. The summed E-state index contributed by atoms with van der Waals surface area (Å²) >= 11 is 0. The molecule has 0 unspecified atom stereocenters. The smallest absolute Gasteiger partial charge is 0.316 e. The zero-order valence-electron chi connectivity index (χ0n) is 8.21. The predicted octanol–water partition coefficient (Wildman–Crippen LogP) is 2.00. The lowest BCUT2D eigenvalue weighted by Crippen LogP contribution is -2.19. The highest BCUT2D eigenvalue weighted by molar-refractivity contribution is 5.88. The van der Waals surface area contributed by atoms with Crippen LogP contribution in [0.25, 0.3) is 0 Å². The van der Waals surface area contributed by atoms with E-state index in [0.29, 0.717) is 5.69 Å². The highest BCUT2D eigenvalue weighted by atomic mass is 16.2. The number of carbonyl (C=O) groups excluding carboxylic acids is 1. The molecule has 4 nitrogen and oxygen atoms in total. The lowest BCUT2D eigenvalue weighted by atomic mass is 10.2. The van der Waals surface area contributed by atoms with Crippen LogP contribution < -0.4 is 16.4 Å². The van der Waals surface area contributed by atoms with E-state index < -0.39 is 6.03 Å². The second-order valence-electron chi connectivity index (χ2n) is 3.00. The van der Waals surface area contributed by atoms with Gasteiger partial charge in [0, 0.05) is 17.9 Å². The number of primary amides is 1. The zero-order valence-corrected chi connectivity index (χ0v) is 8.21. The quantitative estimate of drug-likeness (QED) is 0.684. The van der Waals surface area contributed by atoms with Gasteiger partial charge in [-0.25, -0.2) is 4.79 Å². The van der Waals surface area contributed by atoms with Crippen molar-refractivity contribution >= 4 is 17.4 Å². The number of hydrogen-bond donors (Lipinski definition) is 3. The van der Waals surface area contributed by atoms with Gasteiger partial charge in [-0.1, -0.05) is 13.0 Å². The molecule has 76 valence electrons. The van der Waals surface area contributed by atoms with Crippen LogP contribution in [0.2, 0.25) is 0 Å². The number of hydrogen-bond acceptors (Lipinski definition) is 2. The molecule has 0 bridgehead atoms. The van der Waals surface area contributed by atoms with E-state index in [1.807, 2.05) is 18.2 Å². The third kappa shape index (κ3) is 3.35. The summed E-state index contributed by atoms with van der Waals surface area (Å²) in [6.07, 6.45) is 1.06. The molecule has 1 rings (SSSR count). The van der Waals surface area contributed by atoms with Gasteiger partial charge in [-0.2, -0.15) is 0 Å². The fourth-order valence-corrected chi connectivity index (χ4v) is 1.12. The first-order valence-corrected chi connectivity index (χ1v) is 4.62. The van der Waals surface area contributed by atoms with Gasteiger partial charge in [0.05, 0.1) is 0 Å². The number of anilines is 2. The van der Waals surface area contributed by atoms with Crippen LogP contribution in [0.4, 0.5) is 16.2 Å². The van der Waals surface area contributed by atoms with Gasteiger partial charge in [0.25, 0.3) is 0 Å². The van der Waals surface area contributed by atoms with Crippen molar-refractivity contribution in [2.24, 2.45) is 5.73 Å². The minimum absolute atomic E-state index is 0.544. The maximum atomic E-state index is 10.6. The molecule has 0 aliphatic carbocycles. The van der Waals surface area contributed by atoms with Gasteiger partial charge in [0.2, 0.25) is 0 Å². The minimum atomic E-state index is -0.544. The Bertz CT molecular complexity index is 312. The third-order valence-corrected chi connectivity index (χ3v) is 1.71. The van der Waals surface area contributed by atoms with Gasteiger partial charge in [-0.3, -0.25) is 0 Å². The van der Waals surface area contributed by atoms with Crippen LogP contribution >= 0.6 is 0 Å². The Kier molecular flexibility index (Phi) is 3.79. The Morgan fingerprint density at radius 3 is 2.79 bits per heavy atom. The van der Waals surface area contributed by atoms with Crippen LogP contribution in [-0.2, 0) is 0 Å². The summed E-state index contributed by atoms with van der Waals surface area (Å²) in [4.78, 5) is 10.6. The standard InChI is InChI=1S/C10H15N3O/c1-2-6-12-8-4-3-5-9(7-8)13-10(11)14/h3-5,7,12H,2,6H2,1H3,(H3,11,13,14). The van der Waals surface area contributed by atoms with Crippen molar-refractivity contribution in [2.75, 3.05) is 17.2 Å². The molecule has 0 aliphatic heterocycles. The number of urea groups is 1. The van der Waals surface area contributed by atoms with E-state index in [0.717, 1.165) is 18.7 Å². The Balaban J connectivity index is 2.63. The molecule has 0 radical (unpaired) electrons. The van der Waals surface area contributed by atoms with E-state index in [2.05, 4.69) is 17.6 Å². The summed E-state index contributed by atoms with van der Waals surface area (Å²) in [5, 5.41) is 5.74. The Morgan fingerprint density at radius 1 is 1.43 bits per heavy atom. The summed E-state index contributed by atoms with van der Waals surface area (Å²) in [6.45, 7) is 3.01. The van der Waals surface area contributed by atoms with E-state index in [1.54, 1.807) is 6.07 Å². The van der Waals surface area contributed by atoms with Crippen molar-refractivity contribution in [3.05, 3.63) is 24.3 Å². The second-order valence-corrected chi connectivity index (χ2v) is 3.00. The maximum absolute atomic E-state index is 10.6. The average molecular weight is 193 g/mol. The van der Waals surface area contributed by atoms with Gasteiger partial charge in [-0.15, -0.1) is 0 Å². The van der Waals surface area contributed by atoms with E-state index in [-0.39, 0.29) is 0 Å². The number of carbonyl (C=O) groups is 1. The molecule has 4 heteroatoms. The van der Waals surface area contributed by atoms with E-state index in [9.17, 15) is 4.79 Å². The molecule has 0 aliphatic rings. The summed E-state index contributed by atoms with van der Waals surface area (Å²) in [5.74, 6) is 0. The molecule has 0 saturated carbocycles. The normalized spacial score (nSPS) is 9.50. The first-order chi connectivity index (χ1) is 6.72. The molecule has 0 fully saturated rings. The number of amides is 2. The minimum Gasteiger partial charge on any atom is -0.385 e. The van der Waals surface area contributed by atoms with Crippen LogP contribution in [0.3, 0.4) is 0 Å². The summed E-state index contributed by atoms with van der Waals surface area (Å²) in [5.41, 5.74) is 6.70. The van der Waals surface area contributed by atoms with Crippen molar-refractivity contribution in [3.63, 3.8) is 0 Å². The van der Waals surface area contributed by atoms with Crippen LogP contribution in [-0.4, -0.2) is 12.6 Å². The fourth-order valence-electron chi connectivity index (χ4n) is 1.12. The highest BCUT2D eigenvalue weighted by Crippen LogP contribution is 2.14. The summed E-state index contributed by atoms with van der Waals surface area (Å²) in [6, 6.07) is 6.91. The molecule has 0 atom stereocenters. The lowest BCUT2D eigenvalue weighted by Gasteiger charge is -2.07. The molecule has 4 N–H and O–H groups in total. The Hall–Kier alpha value is -1.71. The molecule has 1 aromatic carbocycles. The molecule has 2 amide bonds. The van der Waals surface area contributed by atoms with Crippen LogP contribution in [0.1, 0.15) is 13.3 Å².